The van der Waals surface area contributed by atoms with Crippen molar-refractivity contribution in [1.29, 1.82) is 0 Å². The van der Waals surface area contributed by atoms with E-state index in [4.69, 9.17) is 4.74 Å². The molecule has 86 valence electrons. The van der Waals surface area contributed by atoms with Crippen molar-refractivity contribution >= 4 is 5.78 Å². The minimum absolute atomic E-state index is 0.0627. The van der Waals surface area contributed by atoms with Crippen LogP contribution in [0.2, 0.25) is 0 Å². The Morgan fingerprint density at radius 2 is 2.06 bits per heavy atom. The molecule has 1 fully saturated rings. The average Bonchev–Trinajstić information content (AvgIpc) is 2.77. The lowest BCUT2D eigenvalue weighted by molar-refractivity contribution is 0.0689. The van der Waals surface area contributed by atoms with Crippen molar-refractivity contribution in [2.75, 3.05) is 6.61 Å². The molecule has 1 heterocycles. The molecule has 0 saturated carbocycles. The van der Waals surface area contributed by atoms with Crippen molar-refractivity contribution in [3.8, 4) is 0 Å². The molecule has 0 spiro atoms. The van der Waals surface area contributed by atoms with Crippen LogP contribution in [0.4, 0.5) is 0 Å². The SMILES string of the molecule is CCC1OCCC1C(=O)c1ccc(C)cc1. The highest BCUT2D eigenvalue weighted by Gasteiger charge is 2.32. The van der Waals surface area contributed by atoms with Crippen LogP contribution in [0.15, 0.2) is 24.3 Å². The Labute approximate surface area is 96.6 Å². The number of rotatable bonds is 3. The van der Waals surface area contributed by atoms with Crippen molar-refractivity contribution < 1.29 is 9.53 Å². The van der Waals surface area contributed by atoms with Gasteiger partial charge in [0.25, 0.3) is 0 Å². The fraction of sp³-hybridized carbons (Fsp3) is 0.500. The largest absolute Gasteiger partial charge is 0.377 e. The van der Waals surface area contributed by atoms with E-state index in [0.29, 0.717) is 0 Å². The van der Waals surface area contributed by atoms with Crippen molar-refractivity contribution in [3.63, 3.8) is 0 Å². The average molecular weight is 218 g/mol. The van der Waals surface area contributed by atoms with E-state index in [-0.39, 0.29) is 17.8 Å². The Hall–Kier alpha value is -1.15. The van der Waals surface area contributed by atoms with Gasteiger partial charge >= 0.3 is 0 Å². The van der Waals surface area contributed by atoms with Gasteiger partial charge in [0.2, 0.25) is 0 Å². The predicted molar refractivity (Wildman–Crippen MR) is 63.6 cm³/mol. The normalized spacial score (nSPS) is 24.6. The molecule has 1 aliphatic rings. The van der Waals surface area contributed by atoms with E-state index in [2.05, 4.69) is 6.92 Å². The van der Waals surface area contributed by atoms with Crippen LogP contribution in [0.3, 0.4) is 0 Å². The van der Waals surface area contributed by atoms with Crippen molar-refractivity contribution in [2.24, 2.45) is 5.92 Å². The second kappa shape index (κ2) is 4.79. The van der Waals surface area contributed by atoms with Gasteiger partial charge in [0.1, 0.15) is 0 Å². The number of hydrogen-bond acceptors (Lipinski definition) is 2. The lowest BCUT2D eigenvalue weighted by Crippen LogP contribution is -2.23. The Morgan fingerprint density at radius 1 is 1.38 bits per heavy atom. The lowest BCUT2D eigenvalue weighted by atomic mass is 9.90. The second-order valence-corrected chi connectivity index (χ2v) is 4.44. The fourth-order valence-electron chi connectivity index (χ4n) is 2.28. The number of ether oxygens (including phenoxy) is 1. The lowest BCUT2D eigenvalue weighted by Gasteiger charge is -2.15. The third-order valence-corrected chi connectivity index (χ3v) is 3.28. The minimum atomic E-state index is 0.0627. The van der Waals surface area contributed by atoms with Gasteiger partial charge in [-0.25, -0.2) is 0 Å². The highest BCUT2D eigenvalue weighted by Crippen LogP contribution is 2.27. The summed E-state index contributed by atoms with van der Waals surface area (Å²) in [5.41, 5.74) is 2.01. The molecule has 2 nitrogen and oxygen atoms in total. The van der Waals surface area contributed by atoms with Crippen molar-refractivity contribution in [1.82, 2.24) is 0 Å². The highest BCUT2D eigenvalue weighted by atomic mass is 16.5. The maximum atomic E-state index is 12.2. The zero-order valence-corrected chi connectivity index (χ0v) is 9.90. The molecule has 2 rings (SSSR count). The van der Waals surface area contributed by atoms with Gasteiger partial charge in [0.05, 0.1) is 12.0 Å². The smallest absolute Gasteiger partial charge is 0.168 e. The first-order valence-electron chi connectivity index (χ1n) is 5.95. The van der Waals surface area contributed by atoms with E-state index in [0.717, 1.165) is 25.0 Å². The molecule has 1 aromatic rings. The second-order valence-electron chi connectivity index (χ2n) is 4.44. The van der Waals surface area contributed by atoms with Crippen LogP contribution in [0.1, 0.15) is 35.7 Å². The number of aryl methyl sites for hydroxylation is 1. The number of ketones is 1. The first-order valence-corrected chi connectivity index (χ1v) is 5.95. The number of benzene rings is 1. The molecule has 2 atom stereocenters. The molecule has 16 heavy (non-hydrogen) atoms. The zero-order chi connectivity index (χ0) is 11.5. The van der Waals surface area contributed by atoms with Crippen LogP contribution >= 0.6 is 0 Å². The van der Waals surface area contributed by atoms with Crippen molar-refractivity contribution in [3.05, 3.63) is 35.4 Å². The zero-order valence-electron chi connectivity index (χ0n) is 9.90. The summed E-state index contributed by atoms with van der Waals surface area (Å²) in [6, 6.07) is 7.82. The van der Waals surface area contributed by atoms with E-state index in [1.54, 1.807) is 0 Å². The number of hydrogen-bond donors (Lipinski definition) is 0. The minimum Gasteiger partial charge on any atom is -0.377 e. The standard InChI is InChI=1S/C14H18O2/c1-3-13-12(8-9-16-13)14(15)11-6-4-10(2)5-7-11/h4-7,12-13H,3,8-9H2,1-2H3. The van der Waals surface area contributed by atoms with E-state index < -0.39 is 0 Å². The molecule has 0 radical (unpaired) electrons. The summed E-state index contributed by atoms with van der Waals surface area (Å²) in [6.07, 6.45) is 1.90. The van der Waals surface area contributed by atoms with E-state index >= 15 is 0 Å². The number of Topliss-reactive ketones (excluding diaryl/α,β-unsaturated/α-hetero) is 1. The Morgan fingerprint density at radius 3 is 2.69 bits per heavy atom. The van der Waals surface area contributed by atoms with Gasteiger partial charge in [-0.1, -0.05) is 36.8 Å². The van der Waals surface area contributed by atoms with Crippen LogP contribution in [0.25, 0.3) is 0 Å². The first-order chi connectivity index (χ1) is 7.72. The van der Waals surface area contributed by atoms with Crippen LogP contribution in [0, 0.1) is 12.8 Å². The summed E-state index contributed by atoms with van der Waals surface area (Å²) in [6.45, 7) is 4.83. The van der Waals surface area contributed by atoms with Gasteiger partial charge in [-0.05, 0) is 19.8 Å². The molecule has 1 saturated heterocycles. The summed E-state index contributed by atoms with van der Waals surface area (Å²) in [7, 11) is 0. The summed E-state index contributed by atoms with van der Waals surface area (Å²) < 4.78 is 5.56. The third-order valence-electron chi connectivity index (χ3n) is 3.28. The summed E-state index contributed by atoms with van der Waals surface area (Å²) >= 11 is 0. The summed E-state index contributed by atoms with van der Waals surface area (Å²) in [5, 5.41) is 0. The Kier molecular flexibility index (Phi) is 3.39. The molecular formula is C14H18O2. The third kappa shape index (κ3) is 2.17. The summed E-state index contributed by atoms with van der Waals surface area (Å²) in [5.74, 6) is 0.303. The Balaban J connectivity index is 2.15. The molecule has 1 aliphatic heterocycles. The van der Waals surface area contributed by atoms with E-state index in [1.807, 2.05) is 31.2 Å². The van der Waals surface area contributed by atoms with Crippen molar-refractivity contribution in [2.45, 2.75) is 32.8 Å². The molecular weight excluding hydrogens is 200 g/mol. The first kappa shape index (κ1) is 11.3. The molecule has 1 aromatic carbocycles. The topological polar surface area (TPSA) is 26.3 Å². The molecule has 0 bridgehead atoms. The quantitative estimate of drug-likeness (QED) is 0.729. The molecule has 0 N–H and O–H groups in total. The maximum Gasteiger partial charge on any atom is 0.168 e. The van der Waals surface area contributed by atoms with Gasteiger partial charge in [-0.2, -0.15) is 0 Å². The van der Waals surface area contributed by atoms with Gasteiger partial charge in [-0.15, -0.1) is 0 Å². The molecule has 2 heteroatoms. The maximum absolute atomic E-state index is 12.2. The van der Waals surface area contributed by atoms with E-state index in [1.165, 1.54) is 5.56 Å². The van der Waals surface area contributed by atoms with Gasteiger partial charge in [-0.3, -0.25) is 4.79 Å². The molecule has 0 amide bonds. The van der Waals surface area contributed by atoms with Crippen LogP contribution < -0.4 is 0 Å². The van der Waals surface area contributed by atoms with Crippen LogP contribution in [0.5, 0.6) is 0 Å². The number of carbonyl (C=O) groups is 1. The van der Waals surface area contributed by atoms with Gasteiger partial charge < -0.3 is 4.74 Å². The number of carbonyl (C=O) groups excluding carboxylic acids is 1. The van der Waals surface area contributed by atoms with Gasteiger partial charge in [0.15, 0.2) is 5.78 Å². The van der Waals surface area contributed by atoms with Gasteiger partial charge in [0, 0.05) is 12.2 Å². The van der Waals surface area contributed by atoms with Crippen LogP contribution in [-0.4, -0.2) is 18.5 Å². The predicted octanol–water partition coefficient (Wildman–Crippen LogP) is 2.99. The molecule has 0 aromatic heterocycles. The highest BCUT2D eigenvalue weighted by molar-refractivity contribution is 5.98. The van der Waals surface area contributed by atoms with Crippen LogP contribution in [-0.2, 0) is 4.74 Å². The molecule has 2 unspecified atom stereocenters. The monoisotopic (exact) mass is 218 g/mol. The fourth-order valence-corrected chi connectivity index (χ4v) is 2.28. The van der Waals surface area contributed by atoms with E-state index in [9.17, 15) is 4.79 Å². The Bertz CT molecular complexity index is 367. The molecule has 0 aliphatic carbocycles. The summed E-state index contributed by atoms with van der Waals surface area (Å²) in [4.78, 5) is 12.2.